The number of ether oxygens (including phenoxy) is 3. The minimum absolute atomic E-state index is 0.105. The van der Waals surface area contributed by atoms with Gasteiger partial charge in [0.25, 0.3) is 0 Å². The van der Waals surface area contributed by atoms with Gasteiger partial charge in [-0.1, -0.05) is 0 Å². The molecule has 0 N–H and O–H groups in total. The Hall–Kier alpha value is -0.178. The molecule has 0 aromatic heterocycles. The van der Waals surface area contributed by atoms with Crippen molar-refractivity contribution in [1.82, 2.24) is 4.90 Å². The Morgan fingerprint density at radius 3 is 2.61 bits per heavy atom. The first-order valence-corrected chi connectivity index (χ1v) is 7.12. The van der Waals surface area contributed by atoms with E-state index in [0.29, 0.717) is 19.8 Å². The number of nitrogens with zero attached hydrogens (tertiary/aromatic N) is 1. The molecule has 0 saturated carbocycles. The zero-order valence-electron chi connectivity index (χ0n) is 11.5. The van der Waals surface area contributed by atoms with Crippen molar-refractivity contribution in [3.8, 4) is 0 Å². The Labute approximate surface area is 118 Å². The molecule has 1 aliphatic rings. The molecule has 104 valence electrons. The summed E-state index contributed by atoms with van der Waals surface area (Å²) in [5.74, 6) is 0. The number of likely N-dealkylation sites (N-methyl/N-ethyl adjacent to an activating group) is 1. The molecule has 0 aromatic rings. The van der Waals surface area contributed by atoms with Crippen LogP contribution in [-0.4, -0.2) is 49.2 Å². The molecule has 0 aromatic carbocycles. The van der Waals surface area contributed by atoms with Gasteiger partial charge in [0, 0.05) is 0 Å². The van der Waals surface area contributed by atoms with Gasteiger partial charge >= 0.3 is 118 Å². The van der Waals surface area contributed by atoms with Crippen molar-refractivity contribution in [2.45, 2.75) is 33.0 Å². The van der Waals surface area contributed by atoms with Gasteiger partial charge in [0.15, 0.2) is 0 Å². The third kappa shape index (κ3) is 5.64. The van der Waals surface area contributed by atoms with Crippen molar-refractivity contribution >= 4 is 4.57 Å². The molecule has 0 spiro atoms. The summed E-state index contributed by atoms with van der Waals surface area (Å²) in [5.41, 5.74) is 1.24. The molecular formula is C13H23CrNO3. The fourth-order valence-electron chi connectivity index (χ4n) is 1.80. The van der Waals surface area contributed by atoms with Crippen molar-refractivity contribution < 1.29 is 30.1 Å². The first-order valence-electron chi connectivity index (χ1n) is 6.49. The average molecular weight is 293 g/mol. The van der Waals surface area contributed by atoms with E-state index in [-0.39, 0.29) is 6.29 Å². The molecule has 4 nitrogen and oxygen atoms in total. The number of hydrogen-bond acceptors (Lipinski definition) is 4. The molecule has 18 heavy (non-hydrogen) atoms. The molecule has 0 radical (unpaired) electrons. The van der Waals surface area contributed by atoms with Crippen LogP contribution in [0.2, 0.25) is 0 Å². The summed E-state index contributed by atoms with van der Waals surface area (Å²) in [6, 6.07) is 0. The zero-order chi connectivity index (χ0) is 13.4. The molecule has 0 atom stereocenters. The summed E-state index contributed by atoms with van der Waals surface area (Å²) in [7, 11) is 2.06. The normalized spacial score (nSPS) is 17.2. The standard InChI is InChI=1S/C13H23NO3.Cr/c1-4-6-12(7-8-15-5-2)14(3)11-13-16-9-10-17-13;/h7,13H,4-6,9-11H2,1-3H3;/b12-7+;. The van der Waals surface area contributed by atoms with Crippen molar-refractivity contribution in [1.29, 1.82) is 0 Å². The number of allylic oxidation sites excluding steroid dienone is 1. The van der Waals surface area contributed by atoms with Crippen LogP contribution in [0, 0.1) is 0 Å². The van der Waals surface area contributed by atoms with Crippen LogP contribution >= 0.6 is 0 Å². The molecule has 1 aliphatic heterocycles. The van der Waals surface area contributed by atoms with Crippen molar-refractivity contribution in [3.05, 3.63) is 11.8 Å². The molecule has 0 aliphatic carbocycles. The first-order chi connectivity index (χ1) is 8.67. The fraction of sp³-hybridized carbons (Fsp3) is 0.769. The second kappa shape index (κ2) is 8.84. The van der Waals surface area contributed by atoms with E-state index in [1.54, 1.807) is 0 Å². The van der Waals surface area contributed by atoms with Crippen LogP contribution in [0.4, 0.5) is 0 Å². The van der Waals surface area contributed by atoms with Gasteiger partial charge in [-0.3, -0.25) is 0 Å². The van der Waals surface area contributed by atoms with Crippen LogP contribution in [0.3, 0.4) is 0 Å². The Morgan fingerprint density at radius 2 is 2.06 bits per heavy atom. The second-order valence-corrected chi connectivity index (χ2v) is 4.82. The summed E-state index contributed by atoms with van der Waals surface area (Å²) in [6.07, 6.45) is 4.07. The Morgan fingerprint density at radius 1 is 1.39 bits per heavy atom. The molecule has 1 heterocycles. The van der Waals surface area contributed by atoms with E-state index < -0.39 is 0 Å². The summed E-state index contributed by atoms with van der Waals surface area (Å²) in [5, 5.41) is 0. The van der Waals surface area contributed by atoms with E-state index in [9.17, 15) is 0 Å². The Balaban J connectivity index is 2.55. The van der Waals surface area contributed by atoms with Gasteiger partial charge in [0.2, 0.25) is 0 Å². The molecule has 1 saturated heterocycles. The van der Waals surface area contributed by atoms with Crippen LogP contribution in [0.5, 0.6) is 0 Å². The monoisotopic (exact) mass is 293 g/mol. The average Bonchev–Trinajstić information content (AvgIpc) is 2.81. The number of hydrogen-bond donors (Lipinski definition) is 0. The third-order valence-corrected chi connectivity index (χ3v) is 3.05. The van der Waals surface area contributed by atoms with E-state index in [2.05, 4.69) is 40.8 Å². The summed E-state index contributed by atoms with van der Waals surface area (Å²) in [4.78, 5) is 2.18. The third-order valence-electron chi connectivity index (χ3n) is 2.68. The second-order valence-electron chi connectivity index (χ2n) is 4.19. The van der Waals surface area contributed by atoms with Crippen molar-refractivity contribution in [2.75, 3.05) is 33.4 Å². The Kier molecular flexibility index (Phi) is 7.80. The van der Waals surface area contributed by atoms with Gasteiger partial charge in [-0.05, 0) is 0 Å². The quantitative estimate of drug-likeness (QED) is 0.681. The summed E-state index contributed by atoms with van der Waals surface area (Å²) in [6.45, 7) is 6.98. The first kappa shape index (κ1) is 15.9. The SMILES string of the molecule is CCC/C(=C\[C](=[Cr])OCC)N(C)CC1OCCO1. The molecule has 0 amide bonds. The Bertz CT molecular complexity index is 288. The van der Waals surface area contributed by atoms with Gasteiger partial charge < -0.3 is 0 Å². The van der Waals surface area contributed by atoms with Crippen LogP contribution in [0.25, 0.3) is 0 Å². The molecule has 1 fully saturated rings. The van der Waals surface area contributed by atoms with E-state index >= 15 is 0 Å². The van der Waals surface area contributed by atoms with Crippen LogP contribution < -0.4 is 0 Å². The van der Waals surface area contributed by atoms with Gasteiger partial charge in [-0.2, -0.15) is 0 Å². The van der Waals surface area contributed by atoms with E-state index in [1.165, 1.54) is 5.70 Å². The van der Waals surface area contributed by atoms with Gasteiger partial charge in [-0.25, -0.2) is 0 Å². The molecular weight excluding hydrogens is 270 g/mol. The summed E-state index contributed by atoms with van der Waals surface area (Å²) >= 11 is 2.94. The molecule has 0 bridgehead atoms. The van der Waals surface area contributed by atoms with Crippen LogP contribution in [0.15, 0.2) is 11.8 Å². The predicted molar refractivity (Wildman–Crippen MR) is 67.9 cm³/mol. The van der Waals surface area contributed by atoms with Gasteiger partial charge in [-0.15, -0.1) is 0 Å². The summed E-state index contributed by atoms with van der Waals surface area (Å²) < 4.78 is 17.2. The van der Waals surface area contributed by atoms with E-state index in [1.807, 2.05) is 6.92 Å². The van der Waals surface area contributed by atoms with Crippen molar-refractivity contribution in [3.63, 3.8) is 0 Å². The fourth-order valence-corrected chi connectivity index (χ4v) is 2.20. The zero-order valence-corrected chi connectivity index (χ0v) is 12.8. The molecule has 1 rings (SSSR count). The maximum atomic E-state index is 5.47. The van der Waals surface area contributed by atoms with Gasteiger partial charge in [0.1, 0.15) is 0 Å². The van der Waals surface area contributed by atoms with Crippen molar-refractivity contribution in [2.24, 2.45) is 0 Å². The molecule has 5 heteroatoms. The minimum atomic E-state index is -0.105. The van der Waals surface area contributed by atoms with E-state index in [0.717, 1.165) is 24.0 Å². The topological polar surface area (TPSA) is 30.9 Å². The maximum absolute atomic E-state index is 5.47. The molecule has 0 unspecified atom stereocenters. The van der Waals surface area contributed by atoms with E-state index in [4.69, 9.17) is 14.2 Å². The van der Waals surface area contributed by atoms with Gasteiger partial charge in [0.05, 0.1) is 0 Å². The van der Waals surface area contributed by atoms with Crippen LogP contribution in [-0.2, 0) is 30.1 Å². The number of rotatable bonds is 8. The van der Waals surface area contributed by atoms with Crippen LogP contribution in [0.1, 0.15) is 26.7 Å². The predicted octanol–water partition coefficient (Wildman–Crippen LogP) is 1.69.